The Bertz CT molecular complexity index is 811. The van der Waals surface area contributed by atoms with E-state index in [9.17, 15) is 13.2 Å². The number of benzene rings is 1. The van der Waals surface area contributed by atoms with Gasteiger partial charge in [-0.15, -0.1) is 17.9 Å². The summed E-state index contributed by atoms with van der Waals surface area (Å²) in [7, 11) is -2.43. The van der Waals surface area contributed by atoms with Gasteiger partial charge in [-0.3, -0.25) is 4.31 Å². The molecule has 0 bridgehead atoms. The van der Waals surface area contributed by atoms with Crippen molar-refractivity contribution in [1.82, 2.24) is 0 Å². The molecule has 0 atom stereocenters. The highest BCUT2D eigenvalue weighted by atomic mass is 32.2. The predicted molar refractivity (Wildman–Crippen MR) is 91.6 cm³/mol. The van der Waals surface area contributed by atoms with Crippen molar-refractivity contribution in [1.29, 1.82) is 0 Å². The van der Waals surface area contributed by atoms with Crippen molar-refractivity contribution >= 4 is 33.0 Å². The first-order chi connectivity index (χ1) is 10.9. The fourth-order valence-corrected chi connectivity index (χ4v) is 4.78. The van der Waals surface area contributed by atoms with Gasteiger partial charge in [0.25, 0.3) is 10.0 Å². The first kappa shape index (κ1) is 17.2. The van der Waals surface area contributed by atoms with E-state index in [2.05, 4.69) is 6.58 Å². The average molecular weight is 351 g/mol. The minimum atomic E-state index is -3.72. The molecule has 23 heavy (non-hydrogen) atoms. The number of hydrogen-bond donors (Lipinski definition) is 0. The molecule has 0 N–H and O–H groups in total. The molecule has 1 aromatic carbocycles. The number of anilines is 1. The lowest BCUT2D eigenvalue weighted by Crippen LogP contribution is -2.31. The first-order valence-electron chi connectivity index (χ1n) is 6.78. The van der Waals surface area contributed by atoms with Crippen LogP contribution in [0, 0.1) is 6.92 Å². The van der Waals surface area contributed by atoms with Crippen molar-refractivity contribution in [3.63, 3.8) is 0 Å². The molecule has 0 radical (unpaired) electrons. The maximum absolute atomic E-state index is 12.9. The van der Waals surface area contributed by atoms with Crippen molar-refractivity contribution in [2.24, 2.45) is 0 Å². The maximum atomic E-state index is 12.9. The largest absolute Gasteiger partial charge is 0.465 e. The zero-order chi connectivity index (χ0) is 17.0. The van der Waals surface area contributed by atoms with Crippen LogP contribution in [-0.2, 0) is 14.8 Å². The van der Waals surface area contributed by atoms with Gasteiger partial charge in [-0.05, 0) is 36.1 Å². The Hall–Kier alpha value is -2.12. The number of esters is 1. The number of methoxy groups -OCH3 is 1. The van der Waals surface area contributed by atoms with Gasteiger partial charge in [0.2, 0.25) is 0 Å². The Balaban J connectivity index is 2.60. The quantitative estimate of drug-likeness (QED) is 0.592. The number of thiophene rings is 1. The van der Waals surface area contributed by atoms with Crippen molar-refractivity contribution in [3.8, 4) is 0 Å². The third-order valence-corrected chi connectivity index (χ3v) is 6.47. The van der Waals surface area contributed by atoms with E-state index >= 15 is 0 Å². The first-order valence-corrected chi connectivity index (χ1v) is 9.10. The second kappa shape index (κ2) is 6.97. The summed E-state index contributed by atoms with van der Waals surface area (Å²) in [6.07, 6.45) is 1.51. The molecule has 0 aliphatic heterocycles. The number of sulfonamides is 1. The predicted octanol–water partition coefficient (Wildman–Crippen LogP) is 3.22. The zero-order valence-electron chi connectivity index (χ0n) is 12.9. The molecule has 5 nitrogen and oxygen atoms in total. The summed E-state index contributed by atoms with van der Waals surface area (Å²) in [6.45, 7) is 5.43. The van der Waals surface area contributed by atoms with Crippen molar-refractivity contribution in [3.05, 3.63) is 59.5 Å². The Kier molecular flexibility index (Phi) is 5.23. The van der Waals surface area contributed by atoms with E-state index in [1.807, 2.05) is 0 Å². The zero-order valence-corrected chi connectivity index (χ0v) is 14.5. The molecule has 1 heterocycles. The summed E-state index contributed by atoms with van der Waals surface area (Å²) in [5.41, 5.74) is 1.31. The summed E-state index contributed by atoms with van der Waals surface area (Å²) in [4.78, 5) is 11.8. The fraction of sp³-hybridized carbons (Fsp3) is 0.188. The highest BCUT2D eigenvalue weighted by Crippen LogP contribution is 2.30. The number of nitrogens with zero attached hydrogens (tertiary/aromatic N) is 1. The van der Waals surface area contributed by atoms with E-state index in [-0.39, 0.29) is 10.8 Å². The van der Waals surface area contributed by atoms with Gasteiger partial charge in [0, 0.05) is 0 Å². The van der Waals surface area contributed by atoms with E-state index in [0.29, 0.717) is 16.8 Å². The highest BCUT2D eigenvalue weighted by Gasteiger charge is 2.27. The van der Waals surface area contributed by atoms with Gasteiger partial charge in [0.15, 0.2) is 0 Å². The van der Waals surface area contributed by atoms with E-state index in [1.165, 1.54) is 17.5 Å². The van der Waals surface area contributed by atoms with Crippen molar-refractivity contribution in [2.75, 3.05) is 18.0 Å². The second-order valence-electron chi connectivity index (χ2n) is 4.70. The lowest BCUT2D eigenvalue weighted by atomic mass is 10.1. The SMILES string of the molecule is C=CCN(c1cccc(C(=O)OC)c1C)S(=O)(=O)c1cccs1. The Morgan fingerprint density at radius 3 is 2.65 bits per heavy atom. The van der Waals surface area contributed by atoms with E-state index in [0.717, 1.165) is 11.3 Å². The van der Waals surface area contributed by atoms with Crippen LogP contribution in [0.25, 0.3) is 0 Å². The molecule has 7 heteroatoms. The van der Waals surface area contributed by atoms with Crippen LogP contribution in [0.1, 0.15) is 15.9 Å². The molecule has 0 unspecified atom stereocenters. The molecule has 122 valence electrons. The van der Waals surface area contributed by atoms with Gasteiger partial charge in [-0.1, -0.05) is 18.2 Å². The molecule has 0 aliphatic carbocycles. The van der Waals surface area contributed by atoms with Crippen LogP contribution in [0.2, 0.25) is 0 Å². The average Bonchev–Trinajstić information content (AvgIpc) is 3.07. The van der Waals surface area contributed by atoms with Crippen LogP contribution in [0.15, 0.2) is 52.6 Å². The van der Waals surface area contributed by atoms with Gasteiger partial charge in [0.05, 0.1) is 24.9 Å². The summed E-state index contributed by atoms with van der Waals surface area (Å²) in [5.74, 6) is -0.503. The Morgan fingerprint density at radius 2 is 2.09 bits per heavy atom. The van der Waals surface area contributed by atoms with E-state index < -0.39 is 16.0 Å². The minimum Gasteiger partial charge on any atom is -0.465 e. The smallest absolute Gasteiger partial charge is 0.338 e. The second-order valence-corrected chi connectivity index (χ2v) is 7.74. The summed E-state index contributed by atoms with van der Waals surface area (Å²) < 4.78 is 31.9. The molecule has 0 saturated carbocycles. The van der Waals surface area contributed by atoms with Gasteiger partial charge < -0.3 is 4.74 Å². The lowest BCUT2D eigenvalue weighted by molar-refractivity contribution is 0.0600. The summed E-state index contributed by atoms with van der Waals surface area (Å²) >= 11 is 1.14. The van der Waals surface area contributed by atoms with Crippen LogP contribution in [-0.4, -0.2) is 28.0 Å². The molecular formula is C16H17NO4S2. The number of ether oxygens (including phenoxy) is 1. The lowest BCUT2D eigenvalue weighted by Gasteiger charge is -2.24. The third-order valence-electron chi connectivity index (χ3n) is 3.31. The third kappa shape index (κ3) is 3.30. The van der Waals surface area contributed by atoms with E-state index in [1.54, 1.807) is 42.6 Å². The van der Waals surface area contributed by atoms with Crippen molar-refractivity contribution in [2.45, 2.75) is 11.1 Å². The van der Waals surface area contributed by atoms with Gasteiger partial charge >= 0.3 is 5.97 Å². The maximum Gasteiger partial charge on any atom is 0.338 e. The number of carbonyl (C=O) groups is 1. The molecule has 0 spiro atoms. The monoisotopic (exact) mass is 351 g/mol. The topological polar surface area (TPSA) is 63.7 Å². The van der Waals surface area contributed by atoms with E-state index in [4.69, 9.17) is 4.74 Å². The van der Waals surface area contributed by atoms with Crippen LogP contribution in [0.5, 0.6) is 0 Å². The number of hydrogen-bond acceptors (Lipinski definition) is 5. The number of carbonyl (C=O) groups excluding carboxylic acids is 1. The number of rotatable bonds is 6. The standard InChI is InChI=1S/C16H17NO4S2/c1-4-10-17(23(19,20)15-9-6-11-22-15)14-8-5-7-13(12(14)2)16(18)21-3/h4-9,11H,1,10H2,2-3H3. The molecule has 0 saturated heterocycles. The summed E-state index contributed by atoms with van der Waals surface area (Å²) in [5, 5.41) is 1.71. The summed E-state index contributed by atoms with van der Waals surface area (Å²) in [6, 6.07) is 8.14. The minimum absolute atomic E-state index is 0.103. The normalized spacial score (nSPS) is 11.0. The molecule has 0 aliphatic rings. The molecule has 2 aromatic rings. The fourth-order valence-electron chi connectivity index (χ4n) is 2.19. The molecule has 2 rings (SSSR count). The molecule has 1 aromatic heterocycles. The van der Waals surface area contributed by atoms with Gasteiger partial charge in [-0.25, -0.2) is 13.2 Å². The Labute approximate surface area is 139 Å². The van der Waals surface area contributed by atoms with Crippen LogP contribution in [0.3, 0.4) is 0 Å². The molecular weight excluding hydrogens is 334 g/mol. The van der Waals surface area contributed by atoms with Gasteiger partial charge in [-0.2, -0.15) is 0 Å². The molecule has 0 amide bonds. The van der Waals surface area contributed by atoms with Crippen LogP contribution < -0.4 is 4.31 Å². The van der Waals surface area contributed by atoms with Crippen LogP contribution >= 0.6 is 11.3 Å². The Morgan fingerprint density at radius 1 is 1.35 bits per heavy atom. The highest BCUT2D eigenvalue weighted by molar-refractivity contribution is 7.94. The van der Waals surface area contributed by atoms with Crippen LogP contribution in [0.4, 0.5) is 5.69 Å². The van der Waals surface area contributed by atoms with Gasteiger partial charge in [0.1, 0.15) is 4.21 Å². The molecule has 0 fully saturated rings. The van der Waals surface area contributed by atoms with Crippen molar-refractivity contribution < 1.29 is 17.9 Å².